The number of para-hydroxylation sites is 3. The average molecular weight is 362 g/mol. The monoisotopic (exact) mass is 362 g/mol. The van der Waals surface area contributed by atoms with Crippen LogP contribution in [0, 0.1) is 0 Å². The van der Waals surface area contributed by atoms with Gasteiger partial charge in [-0.05, 0) is 43.7 Å². The molecule has 2 N–H and O–H groups in total. The van der Waals surface area contributed by atoms with Gasteiger partial charge in [-0.3, -0.25) is 4.79 Å². The molecular weight excluding hydrogens is 340 g/mol. The molecule has 3 aromatic rings. The van der Waals surface area contributed by atoms with Gasteiger partial charge in [0, 0.05) is 12.2 Å². The van der Waals surface area contributed by atoms with E-state index in [-0.39, 0.29) is 11.9 Å². The number of hydrogen-bond donors (Lipinski definition) is 2. The second-order valence-corrected chi connectivity index (χ2v) is 6.08. The highest BCUT2D eigenvalue weighted by Crippen LogP contribution is 2.30. The van der Waals surface area contributed by atoms with Crippen molar-refractivity contribution in [3.05, 3.63) is 72.6 Å². The third kappa shape index (κ3) is 5.04. The SMILES string of the molecule is CCC(C)NC(=O)c1ccnc(Nc2ccccc2Oc2ccccc2)n1. The Bertz CT molecular complexity index is 899. The summed E-state index contributed by atoms with van der Waals surface area (Å²) in [5, 5.41) is 6.03. The van der Waals surface area contributed by atoms with Crippen LogP contribution in [0.5, 0.6) is 11.5 Å². The molecule has 2 aromatic carbocycles. The number of rotatable bonds is 7. The van der Waals surface area contributed by atoms with Crippen LogP contribution in [-0.4, -0.2) is 21.9 Å². The largest absolute Gasteiger partial charge is 0.455 e. The predicted molar refractivity (Wildman–Crippen MR) is 105 cm³/mol. The van der Waals surface area contributed by atoms with Gasteiger partial charge in [0.2, 0.25) is 5.95 Å². The topological polar surface area (TPSA) is 76.1 Å². The van der Waals surface area contributed by atoms with Crippen LogP contribution in [0.15, 0.2) is 66.9 Å². The summed E-state index contributed by atoms with van der Waals surface area (Å²) in [7, 11) is 0. The van der Waals surface area contributed by atoms with Gasteiger partial charge in [0.1, 0.15) is 11.4 Å². The molecule has 0 radical (unpaired) electrons. The minimum absolute atomic E-state index is 0.0869. The van der Waals surface area contributed by atoms with E-state index in [1.807, 2.05) is 68.4 Å². The number of aromatic nitrogens is 2. The third-order valence-corrected chi connectivity index (χ3v) is 3.98. The van der Waals surface area contributed by atoms with E-state index in [2.05, 4.69) is 20.6 Å². The fourth-order valence-corrected chi connectivity index (χ4v) is 2.34. The summed E-state index contributed by atoms with van der Waals surface area (Å²) in [6.45, 7) is 3.97. The van der Waals surface area contributed by atoms with Gasteiger partial charge < -0.3 is 15.4 Å². The van der Waals surface area contributed by atoms with E-state index in [0.29, 0.717) is 23.1 Å². The van der Waals surface area contributed by atoms with Crippen LogP contribution < -0.4 is 15.4 Å². The van der Waals surface area contributed by atoms with E-state index < -0.39 is 0 Å². The molecule has 0 spiro atoms. The Labute approximate surface area is 158 Å². The Morgan fingerprint density at radius 1 is 1.07 bits per heavy atom. The minimum Gasteiger partial charge on any atom is -0.455 e. The van der Waals surface area contributed by atoms with Crippen LogP contribution in [0.3, 0.4) is 0 Å². The zero-order valence-corrected chi connectivity index (χ0v) is 15.3. The van der Waals surface area contributed by atoms with Crippen LogP contribution in [0.4, 0.5) is 11.6 Å². The lowest BCUT2D eigenvalue weighted by molar-refractivity contribution is 0.0934. The summed E-state index contributed by atoms with van der Waals surface area (Å²) < 4.78 is 5.93. The highest BCUT2D eigenvalue weighted by molar-refractivity contribution is 5.92. The smallest absolute Gasteiger partial charge is 0.270 e. The Morgan fingerprint density at radius 2 is 1.81 bits per heavy atom. The van der Waals surface area contributed by atoms with Gasteiger partial charge in [0.25, 0.3) is 5.91 Å². The van der Waals surface area contributed by atoms with E-state index in [1.165, 1.54) is 0 Å². The molecule has 1 heterocycles. The van der Waals surface area contributed by atoms with Crippen LogP contribution >= 0.6 is 0 Å². The van der Waals surface area contributed by atoms with Gasteiger partial charge in [0.15, 0.2) is 5.75 Å². The van der Waals surface area contributed by atoms with Crippen LogP contribution in [0.25, 0.3) is 0 Å². The first-order chi connectivity index (χ1) is 13.2. The molecule has 0 fully saturated rings. The highest BCUT2D eigenvalue weighted by Gasteiger charge is 2.12. The van der Waals surface area contributed by atoms with Crippen molar-refractivity contribution in [2.24, 2.45) is 0 Å². The number of nitrogens with one attached hydrogen (secondary N) is 2. The number of hydrogen-bond acceptors (Lipinski definition) is 5. The lowest BCUT2D eigenvalue weighted by atomic mass is 10.2. The first-order valence-corrected chi connectivity index (χ1v) is 8.88. The Kier molecular flexibility index (Phi) is 5.99. The molecule has 0 saturated carbocycles. The van der Waals surface area contributed by atoms with Crippen molar-refractivity contribution in [1.29, 1.82) is 0 Å². The van der Waals surface area contributed by atoms with Gasteiger partial charge >= 0.3 is 0 Å². The lowest BCUT2D eigenvalue weighted by Gasteiger charge is -2.13. The van der Waals surface area contributed by atoms with E-state index in [0.717, 1.165) is 12.2 Å². The lowest BCUT2D eigenvalue weighted by Crippen LogP contribution is -2.32. The van der Waals surface area contributed by atoms with Crippen molar-refractivity contribution in [2.75, 3.05) is 5.32 Å². The minimum atomic E-state index is -0.219. The summed E-state index contributed by atoms with van der Waals surface area (Å²) >= 11 is 0. The fourth-order valence-electron chi connectivity index (χ4n) is 2.34. The van der Waals surface area contributed by atoms with Gasteiger partial charge in [-0.25, -0.2) is 9.97 Å². The maximum absolute atomic E-state index is 12.3. The molecule has 6 nitrogen and oxygen atoms in total. The summed E-state index contributed by atoms with van der Waals surface area (Å²) in [6, 6.07) is 18.7. The molecule has 1 amide bonds. The molecular formula is C21H22N4O2. The van der Waals surface area contributed by atoms with Crippen LogP contribution in [0.1, 0.15) is 30.8 Å². The fraction of sp³-hybridized carbons (Fsp3) is 0.190. The normalized spacial score (nSPS) is 11.5. The maximum Gasteiger partial charge on any atom is 0.270 e. The second-order valence-electron chi connectivity index (χ2n) is 6.08. The van der Waals surface area contributed by atoms with Crippen LogP contribution in [0.2, 0.25) is 0 Å². The molecule has 6 heteroatoms. The summed E-state index contributed by atoms with van der Waals surface area (Å²) in [6.07, 6.45) is 2.41. The van der Waals surface area contributed by atoms with E-state index in [4.69, 9.17) is 4.74 Å². The van der Waals surface area contributed by atoms with E-state index >= 15 is 0 Å². The first-order valence-electron chi connectivity index (χ1n) is 8.88. The number of carbonyl (C=O) groups excluding carboxylic acids is 1. The van der Waals surface area contributed by atoms with Gasteiger partial charge in [0.05, 0.1) is 5.69 Å². The number of benzene rings is 2. The molecule has 0 aliphatic carbocycles. The number of amides is 1. The number of carbonyl (C=O) groups is 1. The molecule has 0 aliphatic heterocycles. The second kappa shape index (κ2) is 8.80. The maximum atomic E-state index is 12.3. The van der Waals surface area contributed by atoms with Crippen molar-refractivity contribution >= 4 is 17.5 Å². The van der Waals surface area contributed by atoms with Gasteiger partial charge in [-0.1, -0.05) is 37.3 Å². The standard InChI is InChI=1S/C21H22N4O2/c1-3-15(2)23-20(26)18-13-14-22-21(25-18)24-17-11-7-8-12-19(17)27-16-9-5-4-6-10-16/h4-15H,3H2,1-2H3,(H,23,26)(H,22,24,25). The molecule has 0 bridgehead atoms. The molecule has 3 rings (SSSR count). The van der Waals surface area contributed by atoms with Crippen molar-refractivity contribution in [3.63, 3.8) is 0 Å². The van der Waals surface area contributed by atoms with Gasteiger partial charge in [-0.2, -0.15) is 0 Å². The third-order valence-electron chi connectivity index (χ3n) is 3.98. The van der Waals surface area contributed by atoms with Crippen LogP contribution in [-0.2, 0) is 0 Å². The average Bonchev–Trinajstić information content (AvgIpc) is 2.70. The Balaban J connectivity index is 1.78. The van der Waals surface area contributed by atoms with Crippen molar-refractivity contribution in [3.8, 4) is 11.5 Å². The van der Waals surface area contributed by atoms with Crippen molar-refractivity contribution in [2.45, 2.75) is 26.3 Å². The Morgan fingerprint density at radius 3 is 2.59 bits per heavy atom. The van der Waals surface area contributed by atoms with Gasteiger partial charge in [-0.15, -0.1) is 0 Å². The highest BCUT2D eigenvalue weighted by atomic mass is 16.5. The van der Waals surface area contributed by atoms with E-state index in [9.17, 15) is 4.79 Å². The predicted octanol–water partition coefficient (Wildman–Crippen LogP) is 4.54. The molecule has 27 heavy (non-hydrogen) atoms. The Hall–Kier alpha value is -3.41. The molecule has 0 aliphatic rings. The molecule has 1 aromatic heterocycles. The number of nitrogens with zero attached hydrogens (tertiary/aromatic N) is 2. The molecule has 138 valence electrons. The van der Waals surface area contributed by atoms with E-state index in [1.54, 1.807) is 12.3 Å². The number of ether oxygens (including phenoxy) is 1. The van der Waals surface area contributed by atoms with Crippen molar-refractivity contribution in [1.82, 2.24) is 15.3 Å². The quantitative estimate of drug-likeness (QED) is 0.645. The first kappa shape index (κ1) is 18.4. The zero-order chi connectivity index (χ0) is 19.1. The molecule has 1 unspecified atom stereocenters. The van der Waals surface area contributed by atoms with Crippen molar-refractivity contribution < 1.29 is 9.53 Å². The summed E-state index contributed by atoms with van der Waals surface area (Å²) in [5.74, 6) is 1.48. The molecule has 0 saturated heterocycles. The summed E-state index contributed by atoms with van der Waals surface area (Å²) in [4.78, 5) is 20.8. The zero-order valence-electron chi connectivity index (χ0n) is 15.3. The number of anilines is 2. The molecule has 1 atom stereocenters. The summed E-state index contributed by atoms with van der Waals surface area (Å²) in [5.41, 5.74) is 1.02.